The standard InChI is InChI=1S/C18H30O9S/c1-5-16(3,4)15(22)25-11(2)14(21)26-12-13(27-28(23)24)18(10-20)7-6-17(12,8-18)9-19/h11-13,19-20,28H,5-10H2,1-4H3. The van der Waals surface area contributed by atoms with Crippen LogP contribution in [0.4, 0.5) is 0 Å². The minimum atomic E-state index is -3.26. The second kappa shape index (κ2) is 8.25. The maximum Gasteiger partial charge on any atom is 0.347 e. The van der Waals surface area contributed by atoms with E-state index in [1.807, 2.05) is 6.92 Å². The number of thiol groups is 1. The van der Waals surface area contributed by atoms with Gasteiger partial charge >= 0.3 is 11.9 Å². The highest BCUT2D eigenvalue weighted by Crippen LogP contribution is 2.63. The highest BCUT2D eigenvalue weighted by atomic mass is 32.2. The molecular formula is C18H30O9S. The summed E-state index contributed by atoms with van der Waals surface area (Å²) < 4.78 is 38.1. The van der Waals surface area contributed by atoms with Gasteiger partial charge in [-0.25, -0.2) is 13.2 Å². The van der Waals surface area contributed by atoms with Gasteiger partial charge in [0.25, 0.3) is 11.0 Å². The first-order chi connectivity index (χ1) is 13.0. The Kier molecular flexibility index (Phi) is 6.79. The highest BCUT2D eigenvalue weighted by molar-refractivity contribution is 7.67. The van der Waals surface area contributed by atoms with Gasteiger partial charge in [-0.3, -0.25) is 8.98 Å². The van der Waals surface area contributed by atoms with E-state index in [1.165, 1.54) is 6.92 Å². The van der Waals surface area contributed by atoms with Gasteiger partial charge in [0.15, 0.2) is 6.10 Å². The van der Waals surface area contributed by atoms with Crippen molar-refractivity contribution in [1.29, 1.82) is 0 Å². The number of carbonyl (C=O) groups is 2. The lowest BCUT2D eigenvalue weighted by molar-refractivity contribution is -0.186. The van der Waals surface area contributed by atoms with Crippen LogP contribution in [0, 0.1) is 16.2 Å². The third-order valence-corrected chi connectivity index (χ3v) is 6.83. The predicted octanol–water partition coefficient (Wildman–Crippen LogP) is 0.333. The summed E-state index contributed by atoms with van der Waals surface area (Å²) in [5.74, 6) is -1.40. The van der Waals surface area contributed by atoms with Crippen LogP contribution in [0.1, 0.15) is 53.4 Å². The highest BCUT2D eigenvalue weighted by Gasteiger charge is 2.68. The average molecular weight is 422 g/mol. The molecule has 2 rings (SSSR count). The first-order valence-electron chi connectivity index (χ1n) is 9.41. The molecule has 0 aliphatic heterocycles. The summed E-state index contributed by atoms with van der Waals surface area (Å²) in [4.78, 5) is 24.8. The van der Waals surface area contributed by atoms with Crippen LogP contribution in [-0.2, 0) is 34.2 Å². The molecule has 2 bridgehead atoms. The molecule has 0 aromatic carbocycles. The van der Waals surface area contributed by atoms with Crippen LogP contribution in [0.25, 0.3) is 0 Å². The maximum atomic E-state index is 12.6. The third kappa shape index (κ3) is 4.05. The van der Waals surface area contributed by atoms with Crippen LogP contribution in [0.2, 0.25) is 0 Å². The molecule has 9 nitrogen and oxygen atoms in total. The van der Waals surface area contributed by atoms with Crippen LogP contribution < -0.4 is 0 Å². The summed E-state index contributed by atoms with van der Waals surface area (Å²) in [7, 11) is -3.26. The molecule has 5 unspecified atom stereocenters. The third-order valence-electron chi connectivity index (χ3n) is 6.43. The lowest BCUT2D eigenvalue weighted by Gasteiger charge is -2.39. The Labute approximate surface area is 166 Å². The molecular weight excluding hydrogens is 392 g/mol. The van der Waals surface area contributed by atoms with Crippen molar-refractivity contribution >= 4 is 22.9 Å². The van der Waals surface area contributed by atoms with Gasteiger partial charge in [0, 0.05) is 10.8 Å². The molecule has 0 aromatic rings. The van der Waals surface area contributed by atoms with Crippen LogP contribution >= 0.6 is 0 Å². The number of carbonyl (C=O) groups excluding carboxylic acids is 2. The predicted molar refractivity (Wildman–Crippen MR) is 97.6 cm³/mol. The largest absolute Gasteiger partial charge is 0.456 e. The minimum absolute atomic E-state index is 0.274. The summed E-state index contributed by atoms with van der Waals surface area (Å²) in [6.45, 7) is 5.89. The van der Waals surface area contributed by atoms with Crippen molar-refractivity contribution in [3.63, 3.8) is 0 Å². The number of aliphatic hydroxyl groups excluding tert-OH is 2. The molecule has 2 aliphatic rings. The molecule has 2 fully saturated rings. The van der Waals surface area contributed by atoms with E-state index in [2.05, 4.69) is 0 Å². The summed E-state index contributed by atoms with van der Waals surface area (Å²) in [5, 5.41) is 19.8. The van der Waals surface area contributed by atoms with Gasteiger partial charge in [-0.05, 0) is 46.5 Å². The second-order valence-corrected chi connectivity index (χ2v) is 9.27. The monoisotopic (exact) mass is 422 g/mol. The first kappa shape index (κ1) is 23.1. The van der Waals surface area contributed by atoms with Crippen LogP contribution in [0.5, 0.6) is 0 Å². The number of esters is 2. The molecule has 0 radical (unpaired) electrons. The molecule has 0 spiro atoms. The molecule has 0 amide bonds. The zero-order chi connectivity index (χ0) is 21.3. The topological polar surface area (TPSA) is 136 Å². The van der Waals surface area contributed by atoms with E-state index in [-0.39, 0.29) is 19.6 Å². The van der Waals surface area contributed by atoms with Crippen LogP contribution in [0.3, 0.4) is 0 Å². The number of fused-ring (bicyclic) bond motifs is 2. The molecule has 0 aromatic heterocycles. The van der Waals surface area contributed by atoms with E-state index in [0.29, 0.717) is 19.3 Å². The minimum Gasteiger partial charge on any atom is -0.456 e. The van der Waals surface area contributed by atoms with Crippen LogP contribution in [-0.4, -0.2) is 62.1 Å². The fourth-order valence-electron chi connectivity index (χ4n) is 4.13. The van der Waals surface area contributed by atoms with Gasteiger partial charge in [-0.2, -0.15) is 0 Å². The number of aliphatic hydroxyl groups is 2. The Morgan fingerprint density at radius 2 is 1.68 bits per heavy atom. The molecule has 162 valence electrons. The number of ether oxygens (including phenoxy) is 2. The summed E-state index contributed by atoms with van der Waals surface area (Å²) in [5.41, 5.74) is -2.57. The molecule has 28 heavy (non-hydrogen) atoms. The zero-order valence-corrected chi connectivity index (χ0v) is 17.6. The van der Waals surface area contributed by atoms with Crippen molar-refractivity contribution in [2.75, 3.05) is 13.2 Å². The van der Waals surface area contributed by atoms with Gasteiger partial charge in [0.2, 0.25) is 0 Å². The van der Waals surface area contributed by atoms with Gasteiger partial charge in [0.1, 0.15) is 12.2 Å². The Morgan fingerprint density at radius 1 is 1.14 bits per heavy atom. The van der Waals surface area contributed by atoms with Gasteiger partial charge in [0.05, 0.1) is 18.6 Å². The molecule has 5 atom stereocenters. The molecule has 0 saturated heterocycles. The average Bonchev–Trinajstić information content (AvgIpc) is 3.15. The Balaban J connectivity index is 2.19. The van der Waals surface area contributed by atoms with Crippen molar-refractivity contribution in [2.45, 2.75) is 71.7 Å². The SMILES string of the molecule is CCC(C)(C)C(=O)OC(C)C(=O)OC1C(O[SH](=O)=O)C2(CO)CCC1(CO)C2. The van der Waals surface area contributed by atoms with Crippen molar-refractivity contribution in [1.82, 2.24) is 0 Å². The van der Waals surface area contributed by atoms with Gasteiger partial charge < -0.3 is 19.7 Å². The van der Waals surface area contributed by atoms with E-state index in [4.69, 9.17) is 13.7 Å². The van der Waals surface area contributed by atoms with Crippen molar-refractivity contribution < 1.29 is 41.9 Å². The van der Waals surface area contributed by atoms with E-state index in [0.717, 1.165) is 0 Å². The molecule has 2 aliphatic carbocycles. The van der Waals surface area contributed by atoms with Gasteiger partial charge in [-0.15, -0.1) is 0 Å². The Bertz CT molecular complexity index is 681. The molecule has 2 saturated carbocycles. The quantitative estimate of drug-likeness (QED) is 0.355. The Hall–Kier alpha value is -1.23. The van der Waals surface area contributed by atoms with Crippen LogP contribution in [0.15, 0.2) is 0 Å². The number of rotatable bonds is 9. The van der Waals surface area contributed by atoms with E-state index >= 15 is 0 Å². The second-order valence-electron chi connectivity index (χ2n) is 8.61. The normalized spacial score (nSPS) is 33.1. The van der Waals surface area contributed by atoms with E-state index in [9.17, 15) is 28.2 Å². The molecule has 0 heterocycles. The van der Waals surface area contributed by atoms with Crippen molar-refractivity contribution in [3.8, 4) is 0 Å². The molecule has 10 heteroatoms. The zero-order valence-electron chi connectivity index (χ0n) is 16.7. The first-order valence-corrected chi connectivity index (χ1v) is 10.5. The van der Waals surface area contributed by atoms with E-state index in [1.54, 1.807) is 13.8 Å². The summed E-state index contributed by atoms with van der Waals surface area (Å²) >= 11 is 0. The number of hydrogen-bond donors (Lipinski definition) is 3. The summed E-state index contributed by atoms with van der Waals surface area (Å²) in [6, 6.07) is 0. The maximum absolute atomic E-state index is 12.6. The van der Waals surface area contributed by atoms with Gasteiger partial charge in [-0.1, -0.05) is 6.92 Å². The lowest BCUT2D eigenvalue weighted by atomic mass is 9.78. The smallest absolute Gasteiger partial charge is 0.347 e. The Morgan fingerprint density at radius 3 is 2.14 bits per heavy atom. The van der Waals surface area contributed by atoms with Crippen molar-refractivity contribution in [2.24, 2.45) is 16.2 Å². The number of hydrogen-bond acceptors (Lipinski definition) is 9. The lowest BCUT2D eigenvalue weighted by Crippen LogP contribution is -2.50. The molecule has 2 N–H and O–H groups in total. The van der Waals surface area contributed by atoms with Crippen molar-refractivity contribution in [3.05, 3.63) is 0 Å². The summed E-state index contributed by atoms with van der Waals surface area (Å²) in [6.07, 6.45) is -1.68. The fraction of sp³-hybridized carbons (Fsp3) is 0.889. The fourth-order valence-corrected chi connectivity index (χ4v) is 4.65. The van der Waals surface area contributed by atoms with E-state index < -0.39 is 57.5 Å².